The van der Waals surface area contributed by atoms with Gasteiger partial charge in [0.05, 0.1) is 11.8 Å². The zero-order chi connectivity index (χ0) is 12.3. The summed E-state index contributed by atoms with van der Waals surface area (Å²) in [6.07, 6.45) is 6.65. The third-order valence-electron chi connectivity index (χ3n) is 3.00. The van der Waals surface area contributed by atoms with Crippen LogP contribution in [0.5, 0.6) is 0 Å². The van der Waals surface area contributed by atoms with E-state index in [9.17, 15) is 9.18 Å². The van der Waals surface area contributed by atoms with Crippen LogP contribution in [0.25, 0.3) is 0 Å². The first-order valence-electron chi connectivity index (χ1n) is 6.14. The third-order valence-corrected chi connectivity index (χ3v) is 3.00. The summed E-state index contributed by atoms with van der Waals surface area (Å²) >= 11 is 0. The normalized spacial score (nSPS) is 14.7. The molecule has 3 nitrogen and oxygen atoms in total. The first-order chi connectivity index (χ1) is 8.24. The van der Waals surface area contributed by atoms with Gasteiger partial charge in [-0.15, -0.1) is 0 Å². The summed E-state index contributed by atoms with van der Waals surface area (Å²) in [5.41, 5.74) is 0.142. The standard InChI is InChI=1S/C13H17FN2O/c1-2-3-8-16(10-4-5-10)13(17)11-6-7-15-9-12(11)14/h6-7,9-10H,2-5,8H2,1H3. The molecular weight excluding hydrogens is 219 g/mol. The number of hydrogen-bond donors (Lipinski definition) is 0. The van der Waals surface area contributed by atoms with Crippen LogP contribution in [-0.2, 0) is 0 Å². The van der Waals surface area contributed by atoms with Crippen LogP contribution in [0.15, 0.2) is 18.5 Å². The van der Waals surface area contributed by atoms with Gasteiger partial charge in [0, 0.05) is 18.8 Å². The lowest BCUT2D eigenvalue weighted by atomic mass is 10.2. The van der Waals surface area contributed by atoms with Gasteiger partial charge in [-0.2, -0.15) is 0 Å². The molecule has 0 aromatic carbocycles. The molecule has 2 rings (SSSR count). The number of hydrogen-bond acceptors (Lipinski definition) is 2. The van der Waals surface area contributed by atoms with Crippen molar-refractivity contribution in [1.82, 2.24) is 9.88 Å². The maximum Gasteiger partial charge on any atom is 0.257 e. The molecule has 1 saturated carbocycles. The highest BCUT2D eigenvalue weighted by Crippen LogP contribution is 2.28. The van der Waals surface area contributed by atoms with Crippen molar-refractivity contribution in [2.24, 2.45) is 0 Å². The largest absolute Gasteiger partial charge is 0.336 e. The topological polar surface area (TPSA) is 33.2 Å². The number of amides is 1. The fraction of sp³-hybridized carbons (Fsp3) is 0.538. The van der Waals surface area contributed by atoms with Crippen molar-refractivity contribution in [1.29, 1.82) is 0 Å². The minimum absolute atomic E-state index is 0.142. The number of halogens is 1. The zero-order valence-electron chi connectivity index (χ0n) is 10.0. The van der Waals surface area contributed by atoms with E-state index in [2.05, 4.69) is 11.9 Å². The van der Waals surface area contributed by atoms with E-state index < -0.39 is 5.82 Å². The minimum Gasteiger partial charge on any atom is -0.336 e. The van der Waals surface area contributed by atoms with Gasteiger partial charge in [-0.1, -0.05) is 13.3 Å². The molecule has 0 saturated heterocycles. The number of carbonyl (C=O) groups is 1. The molecule has 0 unspecified atom stereocenters. The van der Waals surface area contributed by atoms with Gasteiger partial charge >= 0.3 is 0 Å². The quantitative estimate of drug-likeness (QED) is 0.787. The average Bonchev–Trinajstić information content (AvgIpc) is 3.14. The van der Waals surface area contributed by atoms with Gasteiger partial charge in [-0.25, -0.2) is 4.39 Å². The van der Waals surface area contributed by atoms with E-state index in [-0.39, 0.29) is 11.5 Å². The molecule has 4 heteroatoms. The Hall–Kier alpha value is -1.45. The molecule has 0 spiro atoms. The summed E-state index contributed by atoms with van der Waals surface area (Å²) in [4.78, 5) is 17.7. The minimum atomic E-state index is -0.528. The Kier molecular flexibility index (Phi) is 3.71. The molecule has 1 aliphatic carbocycles. The van der Waals surface area contributed by atoms with Crippen LogP contribution in [0.3, 0.4) is 0 Å². The van der Waals surface area contributed by atoms with Gasteiger partial charge in [0.2, 0.25) is 0 Å². The molecule has 0 aliphatic heterocycles. The highest BCUT2D eigenvalue weighted by molar-refractivity contribution is 5.94. The first kappa shape index (κ1) is 12.0. The second-order valence-corrected chi connectivity index (χ2v) is 4.44. The highest BCUT2D eigenvalue weighted by Gasteiger charge is 2.33. The summed E-state index contributed by atoms with van der Waals surface area (Å²) in [5, 5.41) is 0. The van der Waals surface area contributed by atoms with E-state index in [1.54, 1.807) is 0 Å². The smallest absolute Gasteiger partial charge is 0.257 e. The monoisotopic (exact) mass is 236 g/mol. The Morgan fingerprint density at radius 3 is 2.94 bits per heavy atom. The van der Waals surface area contributed by atoms with Crippen molar-refractivity contribution in [3.05, 3.63) is 29.8 Å². The van der Waals surface area contributed by atoms with Crippen molar-refractivity contribution < 1.29 is 9.18 Å². The number of rotatable bonds is 5. The Labute approximate surface area is 101 Å². The molecule has 1 heterocycles. The fourth-order valence-electron chi connectivity index (χ4n) is 1.87. The van der Waals surface area contributed by atoms with Gasteiger partial charge in [-0.05, 0) is 25.3 Å². The molecule has 1 aromatic rings. The summed E-state index contributed by atoms with van der Waals surface area (Å²) in [7, 11) is 0. The van der Waals surface area contributed by atoms with E-state index in [1.165, 1.54) is 12.3 Å². The molecule has 0 atom stereocenters. The van der Waals surface area contributed by atoms with Crippen LogP contribution in [0.4, 0.5) is 4.39 Å². The van der Waals surface area contributed by atoms with Crippen molar-refractivity contribution in [3.63, 3.8) is 0 Å². The zero-order valence-corrected chi connectivity index (χ0v) is 10.0. The molecule has 0 N–H and O–H groups in total. The summed E-state index contributed by atoms with van der Waals surface area (Å²) < 4.78 is 13.5. The van der Waals surface area contributed by atoms with E-state index in [4.69, 9.17) is 0 Å². The van der Waals surface area contributed by atoms with Gasteiger partial charge in [0.1, 0.15) is 0 Å². The lowest BCUT2D eigenvalue weighted by Crippen LogP contribution is -2.34. The van der Waals surface area contributed by atoms with E-state index in [1.807, 2.05) is 4.90 Å². The Bertz CT molecular complexity index is 404. The van der Waals surface area contributed by atoms with Gasteiger partial charge < -0.3 is 4.90 Å². The second-order valence-electron chi connectivity index (χ2n) is 4.44. The summed E-state index contributed by atoms with van der Waals surface area (Å²) in [6.45, 7) is 2.81. The molecule has 1 aromatic heterocycles. The lowest BCUT2D eigenvalue weighted by Gasteiger charge is -2.22. The van der Waals surface area contributed by atoms with Gasteiger partial charge in [-0.3, -0.25) is 9.78 Å². The number of carbonyl (C=O) groups excluding carboxylic acids is 1. The molecular formula is C13H17FN2O. The Balaban J connectivity index is 2.13. The first-order valence-corrected chi connectivity index (χ1v) is 6.14. The third kappa shape index (κ3) is 2.81. The van der Waals surface area contributed by atoms with Crippen LogP contribution < -0.4 is 0 Å². The van der Waals surface area contributed by atoms with Crippen LogP contribution in [0.1, 0.15) is 43.0 Å². The van der Waals surface area contributed by atoms with Crippen molar-refractivity contribution in [2.45, 2.75) is 38.6 Å². The van der Waals surface area contributed by atoms with Crippen LogP contribution in [0.2, 0.25) is 0 Å². The molecule has 17 heavy (non-hydrogen) atoms. The van der Waals surface area contributed by atoms with E-state index in [0.29, 0.717) is 6.04 Å². The predicted molar refractivity (Wildman–Crippen MR) is 63.2 cm³/mol. The lowest BCUT2D eigenvalue weighted by molar-refractivity contribution is 0.0736. The number of pyridine rings is 1. The fourth-order valence-corrected chi connectivity index (χ4v) is 1.87. The number of nitrogens with zero attached hydrogens (tertiary/aromatic N) is 2. The second kappa shape index (κ2) is 5.25. The molecule has 1 fully saturated rings. The molecule has 1 amide bonds. The van der Waals surface area contributed by atoms with Gasteiger partial charge in [0.25, 0.3) is 5.91 Å². The van der Waals surface area contributed by atoms with Crippen LogP contribution >= 0.6 is 0 Å². The van der Waals surface area contributed by atoms with Crippen molar-refractivity contribution >= 4 is 5.91 Å². The highest BCUT2D eigenvalue weighted by atomic mass is 19.1. The van der Waals surface area contributed by atoms with Crippen molar-refractivity contribution in [3.8, 4) is 0 Å². The SMILES string of the molecule is CCCCN(C(=O)c1ccncc1F)C1CC1. The number of aromatic nitrogens is 1. The maximum atomic E-state index is 13.5. The average molecular weight is 236 g/mol. The summed E-state index contributed by atoms with van der Waals surface area (Å²) in [5.74, 6) is -0.722. The summed E-state index contributed by atoms with van der Waals surface area (Å²) in [6, 6.07) is 1.78. The Morgan fingerprint density at radius 2 is 2.35 bits per heavy atom. The maximum absolute atomic E-state index is 13.5. The van der Waals surface area contributed by atoms with E-state index >= 15 is 0 Å². The molecule has 0 radical (unpaired) electrons. The van der Waals surface area contributed by atoms with Crippen LogP contribution in [0, 0.1) is 5.82 Å². The predicted octanol–water partition coefficient (Wildman–Crippen LogP) is 2.63. The molecule has 0 bridgehead atoms. The number of unbranched alkanes of at least 4 members (excludes halogenated alkanes) is 1. The van der Waals surface area contributed by atoms with Crippen LogP contribution in [-0.4, -0.2) is 28.4 Å². The molecule has 92 valence electrons. The Morgan fingerprint density at radius 1 is 1.59 bits per heavy atom. The van der Waals surface area contributed by atoms with Crippen molar-refractivity contribution in [2.75, 3.05) is 6.54 Å². The molecule has 1 aliphatic rings. The van der Waals surface area contributed by atoms with E-state index in [0.717, 1.165) is 38.4 Å². The van der Waals surface area contributed by atoms with Gasteiger partial charge in [0.15, 0.2) is 5.82 Å².